The van der Waals surface area contributed by atoms with Crippen LogP contribution in [0.3, 0.4) is 0 Å². The van der Waals surface area contributed by atoms with Gasteiger partial charge in [0, 0.05) is 11.8 Å². The quantitative estimate of drug-likeness (QED) is 0.544. The van der Waals surface area contributed by atoms with Gasteiger partial charge in [-0.3, -0.25) is 9.10 Å². The van der Waals surface area contributed by atoms with Gasteiger partial charge in [-0.2, -0.15) is 0 Å². The fourth-order valence-electron chi connectivity index (χ4n) is 3.29. The number of hydrogen-bond acceptors (Lipinski definition) is 6. The van der Waals surface area contributed by atoms with Crippen LogP contribution in [0.2, 0.25) is 0 Å². The van der Waals surface area contributed by atoms with Crippen LogP contribution in [0.1, 0.15) is 5.56 Å². The Bertz CT molecular complexity index is 1210. The van der Waals surface area contributed by atoms with Gasteiger partial charge in [-0.25, -0.2) is 8.42 Å². The number of hydrogen-bond donors (Lipinski definition) is 1. The average Bonchev–Trinajstić information content (AvgIpc) is 2.82. The van der Waals surface area contributed by atoms with Gasteiger partial charge in [-0.1, -0.05) is 30.3 Å². The van der Waals surface area contributed by atoms with Gasteiger partial charge < -0.3 is 19.5 Å². The standard InChI is InChI=1S/C24H24N2O6S/c1-33(28,29)26(20-9-12-22-23(15-20)31-14-13-30-22)16-24(27)25-19-7-10-21(11-8-19)32-17-18-5-3-2-4-6-18/h2-12,15H,13-14,16-17H2,1H3,(H,25,27). The van der Waals surface area contributed by atoms with Crippen LogP contribution in [0.15, 0.2) is 72.8 Å². The topological polar surface area (TPSA) is 94.2 Å². The molecule has 9 heteroatoms. The molecule has 0 bridgehead atoms. The smallest absolute Gasteiger partial charge is 0.245 e. The third-order valence-electron chi connectivity index (χ3n) is 4.89. The van der Waals surface area contributed by atoms with Crippen molar-refractivity contribution in [3.8, 4) is 17.2 Å². The molecule has 33 heavy (non-hydrogen) atoms. The first kappa shape index (κ1) is 22.5. The Kier molecular flexibility index (Phi) is 6.69. The molecule has 1 aliphatic rings. The highest BCUT2D eigenvalue weighted by molar-refractivity contribution is 7.92. The molecule has 0 unspecified atom stereocenters. The van der Waals surface area contributed by atoms with Crippen molar-refractivity contribution >= 4 is 27.3 Å². The number of nitrogens with zero attached hydrogens (tertiary/aromatic N) is 1. The Hall–Kier alpha value is -3.72. The number of nitrogens with one attached hydrogen (secondary N) is 1. The molecule has 1 N–H and O–H groups in total. The van der Waals surface area contributed by atoms with Crippen LogP contribution in [0.25, 0.3) is 0 Å². The van der Waals surface area contributed by atoms with Crippen molar-refractivity contribution in [3.05, 3.63) is 78.4 Å². The van der Waals surface area contributed by atoms with E-state index in [0.29, 0.717) is 48.4 Å². The van der Waals surface area contributed by atoms with Crippen molar-refractivity contribution in [2.24, 2.45) is 0 Å². The number of sulfonamides is 1. The molecule has 0 aromatic heterocycles. The zero-order chi connectivity index (χ0) is 23.3. The molecule has 172 valence electrons. The van der Waals surface area contributed by atoms with Crippen LogP contribution < -0.4 is 23.8 Å². The predicted octanol–water partition coefficient (Wildman–Crippen LogP) is 3.44. The third kappa shape index (κ3) is 5.95. The molecule has 0 aliphatic carbocycles. The number of rotatable bonds is 8. The summed E-state index contributed by atoms with van der Waals surface area (Å²) in [6.45, 7) is 0.859. The van der Waals surface area contributed by atoms with E-state index < -0.39 is 15.9 Å². The molecule has 1 amide bonds. The van der Waals surface area contributed by atoms with Crippen molar-refractivity contribution in [3.63, 3.8) is 0 Å². The first-order valence-electron chi connectivity index (χ1n) is 10.3. The highest BCUT2D eigenvalue weighted by Gasteiger charge is 2.23. The van der Waals surface area contributed by atoms with E-state index in [-0.39, 0.29) is 6.54 Å². The second-order valence-electron chi connectivity index (χ2n) is 7.44. The zero-order valence-corrected chi connectivity index (χ0v) is 18.9. The first-order chi connectivity index (χ1) is 15.9. The van der Waals surface area contributed by atoms with E-state index in [1.54, 1.807) is 42.5 Å². The minimum absolute atomic E-state index is 0.321. The number of anilines is 2. The lowest BCUT2D eigenvalue weighted by Crippen LogP contribution is -2.37. The molecule has 0 fully saturated rings. The molecule has 0 spiro atoms. The van der Waals surface area contributed by atoms with Gasteiger partial charge in [-0.05, 0) is 42.0 Å². The summed E-state index contributed by atoms with van der Waals surface area (Å²) < 4.78 is 42.5. The second-order valence-corrected chi connectivity index (χ2v) is 9.35. The van der Waals surface area contributed by atoms with E-state index in [1.807, 2.05) is 30.3 Å². The largest absolute Gasteiger partial charge is 0.489 e. The van der Waals surface area contributed by atoms with E-state index in [0.717, 1.165) is 16.1 Å². The summed E-state index contributed by atoms with van der Waals surface area (Å²) in [7, 11) is -3.72. The average molecular weight is 469 g/mol. The molecular formula is C24H24N2O6S. The van der Waals surface area contributed by atoms with E-state index in [4.69, 9.17) is 14.2 Å². The Morgan fingerprint density at radius 2 is 1.67 bits per heavy atom. The normalized spacial score (nSPS) is 12.6. The monoisotopic (exact) mass is 468 g/mol. The molecule has 3 aromatic carbocycles. The summed E-state index contributed by atoms with van der Waals surface area (Å²) in [5, 5.41) is 2.72. The van der Waals surface area contributed by atoms with E-state index >= 15 is 0 Å². The number of amides is 1. The lowest BCUT2D eigenvalue weighted by molar-refractivity contribution is -0.114. The summed E-state index contributed by atoms with van der Waals surface area (Å²) in [6.07, 6.45) is 1.05. The summed E-state index contributed by atoms with van der Waals surface area (Å²) in [4.78, 5) is 12.6. The molecule has 0 radical (unpaired) electrons. The molecule has 0 saturated heterocycles. The van der Waals surface area contributed by atoms with Gasteiger partial charge in [0.05, 0.1) is 11.9 Å². The fourth-order valence-corrected chi connectivity index (χ4v) is 4.14. The summed E-state index contributed by atoms with van der Waals surface area (Å²) in [5.74, 6) is 1.16. The lowest BCUT2D eigenvalue weighted by atomic mass is 10.2. The summed E-state index contributed by atoms with van der Waals surface area (Å²) >= 11 is 0. The van der Waals surface area contributed by atoms with Crippen LogP contribution >= 0.6 is 0 Å². The number of fused-ring (bicyclic) bond motifs is 1. The first-order valence-corrected chi connectivity index (χ1v) is 12.2. The lowest BCUT2D eigenvalue weighted by Gasteiger charge is -2.24. The van der Waals surface area contributed by atoms with Gasteiger partial charge in [0.2, 0.25) is 15.9 Å². The molecule has 1 aliphatic heterocycles. The van der Waals surface area contributed by atoms with Gasteiger partial charge in [-0.15, -0.1) is 0 Å². The van der Waals surface area contributed by atoms with E-state index in [9.17, 15) is 13.2 Å². The second kappa shape index (κ2) is 9.83. The van der Waals surface area contributed by atoms with Crippen molar-refractivity contribution in [2.75, 3.05) is 35.6 Å². The molecule has 8 nitrogen and oxygen atoms in total. The van der Waals surface area contributed by atoms with Crippen molar-refractivity contribution < 1.29 is 27.4 Å². The highest BCUT2D eigenvalue weighted by atomic mass is 32.2. The maximum absolute atomic E-state index is 12.6. The molecule has 0 atom stereocenters. The van der Waals surface area contributed by atoms with Crippen LogP contribution in [-0.2, 0) is 21.4 Å². The minimum Gasteiger partial charge on any atom is -0.489 e. The Morgan fingerprint density at radius 3 is 2.36 bits per heavy atom. The number of carbonyl (C=O) groups excluding carboxylic acids is 1. The Balaban J connectivity index is 1.39. The molecule has 3 aromatic rings. The van der Waals surface area contributed by atoms with E-state index in [2.05, 4.69) is 5.32 Å². The number of ether oxygens (including phenoxy) is 3. The highest BCUT2D eigenvalue weighted by Crippen LogP contribution is 2.34. The van der Waals surface area contributed by atoms with Crippen LogP contribution in [-0.4, -0.2) is 40.3 Å². The van der Waals surface area contributed by atoms with Crippen molar-refractivity contribution in [1.29, 1.82) is 0 Å². The summed E-state index contributed by atoms with van der Waals surface area (Å²) in [6, 6.07) is 21.5. The number of benzene rings is 3. The molecule has 4 rings (SSSR count). The molecular weight excluding hydrogens is 444 g/mol. The number of carbonyl (C=O) groups is 1. The van der Waals surface area contributed by atoms with Gasteiger partial charge in [0.25, 0.3) is 0 Å². The molecule has 1 heterocycles. The maximum atomic E-state index is 12.6. The van der Waals surface area contributed by atoms with E-state index in [1.165, 1.54) is 0 Å². The maximum Gasteiger partial charge on any atom is 0.245 e. The van der Waals surface area contributed by atoms with Crippen LogP contribution in [0.4, 0.5) is 11.4 Å². The van der Waals surface area contributed by atoms with Gasteiger partial charge >= 0.3 is 0 Å². The van der Waals surface area contributed by atoms with Gasteiger partial charge in [0.1, 0.15) is 32.1 Å². The van der Waals surface area contributed by atoms with Crippen molar-refractivity contribution in [1.82, 2.24) is 0 Å². The van der Waals surface area contributed by atoms with Crippen molar-refractivity contribution in [2.45, 2.75) is 6.61 Å². The third-order valence-corrected chi connectivity index (χ3v) is 6.03. The van der Waals surface area contributed by atoms with Crippen LogP contribution in [0.5, 0.6) is 17.2 Å². The van der Waals surface area contributed by atoms with Crippen LogP contribution in [0, 0.1) is 0 Å². The molecule has 0 saturated carbocycles. The summed E-state index contributed by atoms with van der Waals surface area (Å²) in [5.41, 5.74) is 1.90. The predicted molar refractivity (Wildman–Crippen MR) is 125 cm³/mol. The minimum atomic E-state index is -3.72. The Morgan fingerprint density at radius 1 is 0.970 bits per heavy atom. The Labute approximate surface area is 192 Å². The van der Waals surface area contributed by atoms with Gasteiger partial charge in [0.15, 0.2) is 11.5 Å². The fraction of sp³-hybridized carbons (Fsp3) is 0.208. The SMILES string of the molecule is CS(=O)(=O)N(CC(=O)Nc1ccc(OCc2ccccc2)cc1)c1ccc2c(c1)OCCO2. The zero-order valence-electron chi connectivity index (χ0n) is 18.1.